The number of carbonyl (C=O) groups excluding carboxylic acids is 1. The van der Waals surface area contributed by atoms with Gasteiger partial charge in [-0.1, -0.05) is 29.8 Å². The van der Waals surface area contributed by atoms with Crippen LogP contribution in [0.1, 0.15) is 16.7 Å². The van der Waals surface area contributed by atoms with E-state index in [9.17, 15) is 9.90 Å². The molecule has 1 amide bonds. The molecule has 2 rings (SSSR count). The van der Waals surface area contributed by atoms with Crippen molar-refractivity contribution in [3.05, 3.63) is 70.9 Å². The van der Waals surface area contributed by atoms with Crippen molar-refractivity contribution in [2.24, 2.45) is 0 Å². The Kier molecular flexibility index (Phi) is 5.58. The molecule has 0 aromatic heterocycles. The van der Waals surface area contributed by atoms with E-state index in [0.29, 0.717) is 17.8 Å². The number of hydrogen-bond donors (Lipinski definition) is 3. The number of nitriles is 1. The molecule has 0 fully saturated rings. The average molecular weight is 321 g/mol. The molecule has 0 spiro atoms. The van der Waals surface area contributed by atoms with Gasteiger partial charge in [0.05, 0.1) is 0 Å². The predicted molar refractivity (Wildman–Crippen MR) is 93.2 cm³/mol. The minimum Gasteiger partial charge on any atom is -0.508 e. The Hall–Kier alpha value is -3.26. The second-order valence-corrected chi connectivity index (χ2v) is 5.49. The van der Waals surface area contributed by atoms with E-state index < -0.39 is 5.91 Å². The van der Waals surface area contributed by atoms with Gasteiger partial charge in [-0.05, 0) is 43.2 Å². The lowest BCUT2D eigenvalue weighted by atomic mass is 10.1. The lowest BCUT2D eigenvalue weighted by Gasteiger charge is -2.08. The SMILES string of the molecule is Cc1ccc(CN/C=C(/C#N)C(=O)Nc2ccc(O)cc2C)cc1. The van der Waals surface area contributed by atoms with Crippen molar-refractivity contribution in [1.29, 1.82) is 5.26 Å². The number of anilines is 1. The predicted octanol–water partition coefficient (Wildman–Crippen LogP) is 3.14. The number of hydrogen-bond acceptors (Lipinski definition) is 4. The van der Waals surface area contributed by atoms with E-state index in [-0.39, 0.29) is 11.3 Å². The third-order valence-electron chi connectivity index (χ3n) is 3.50. The van der Waals surface area contributed by atoms with Crippen molar-refractivity contribution in [1.82, 2.24) is 5.32 Å². The van der Waals surface area contributed by atoms with Crippen LogP contribution < -0.4 is 10.6 Å². The second-order valence-electron chi connectivity index (χ2n) is 5.49. The van der Waals surface area contributed by atoms with Gasteiger partial charge in [0.2, 0.25) is 0 Å². The van der Waals surface area contributed by atoms with Crippen molar-refractivity contribution in [2.45, 2.75) is 20.4 Å². The number of rotatable bonds is 5. The highest BCUT2D eigenvalue weighted by Crippen LogP contribution is 2.20. The molecular formula is C19H19N3O2. The van der Waals surface area contributed by atoms with Crippen LogP contribution >= 0.6 is 0 Å². The number of aryl methyl sites for hydroxylation is 2. The number of amides is 1. The van der Waals surface area contributed by atoms with Gasteiger partial charge in [0.25, 0.3) is 5.91 Å². The molecule has 0 saturated carbocycles. The second kappa shape index (κ2) is 7.84. The zero-order chi connectivity index (χ0) is 17.5. The molecule has 24 heavy (non-hydrogen) atoms. The summed E-state index contributed by atoms with van der Waals surface area (Å²) in [6, 6.07) is 14.5. The van der Waals surface area contributed by atoms with Crippen LogP contribution in [0, 0.1) is 25.2 Å². The third kappa shape index (κ3) is 4.62. The van der Waals surface area contributed by atoms with Gasteiger partial charge in [-0.2, -0.15) is 5.26 Å². The van der Waals surface area contributed by atoms with Crippen LogP contribution in [0.15, 0.2) is 54.2 Å². The Bertz CT molecular complexity index is 802. The van der Waals surface area contributed by atoms with Crippen LogP contribution in [-0.4, -0.2) is 11.0 Å². The molecule has 0 aliphatic rings. The fourth-order valence-corrected chi connectivity index (χ4v) is 2.10. The molecule has 0 saturated heterocycles. The minimum atomic E-state index is -0.498. The summed E-state index contributed by atoms with van der Waals surface area (Å²) >= 11 is 0. The molecule has 3 N–H and O–H groups in total. The quantitative estimate of drug-likeness (QED) is 0.449. The first kappa shape index (κ1) is 17.1. The summed E-state index contributed by atoms with van der Waals surface area (Å²) in [4.78, 5) is 12.2. The van der Waals surface area contributed by atoms with Crippen molar-refractivity contribution in [2.75, 3.05) is 5.32 Å². The van der Waals surface area contributed by atoms with Crippen LogP contribution in [0.3, 0.4) is 0 Å². The van der Waals surface area contributed by atoms with Crippen LogP contribution in [0.2, 0.25) is 0 Å². The summed E-state index contributed by atoms with van der Waals surface area (Å²) in [7, 11) is 0. The van der Waals surface area contributed by atoms with Crippen LogP contribution in [0.4, 0.5) is 5.69 Å². The summed E-state index contributed by atoms with van der Waals surface area (Å²) in [5, 5.41) is 24.2. The minimum absolute atomic E-state index is 0.0189. The van der Waals surface area contributed by atoms with Gasteiger partial charge in [0.15, 0.2) is 0 Å². The standard InChI is InChI=1S/C19H19N3O2/c1-13-3-5-15(6-4-13)11-21-12-16(10-20)19(24)22-18-8-7-17(23)9-14(18)2/h3-9,12,21,23H,11H2,1-2H3,(H,22,24)/b16-12-. The first-order valence-electron chi connectivity index (χ1n) is 7.50. The lowest BCUT2D eigenvalue weighted by Crippen LogP contribution is -2.17. The van der Waals surface area contributed by atoms with Crippen molar-refractivity contribution >= 4 is 11.6 Å². The Morgan fingerprint density at radius 2 is 1.92 bits per heavy atom. The third-order valence-corrected chi connectivity index (χ3v) is 3.50. The van der Waals surface area contributed by atoms with Crippen LogP contribution in [-0.2, 0) is 11.3 Å². The molecule has 0 unspecified atom stereocenters. The molecule has 0 heterocycles. The molecule has 122 valence electrons. The molecule has 5 heteroatoms. The summed E-state index contributed by atoms with van der Waals surface area (Å²) in [6.45, 7) is 4.30. The largest absolute Gasteiger partial charge is 0.508 e. The van der Waals surface area contributed by atoms with E-state index in [1.165, 1.54) is 17.8 Å². The van der Waals surface area contributed by atoms with Crippen molar-refractivity contribution in [3.63, 3.8) is 0 Å². The number of phenolic OH excluding ortho intramolecular Hbond substituents is 1. The maximum Gasteiger partial charge on any atom is 0.267 e. The first-order valence-corrected chi connectivity index (χ1v) is 7.50. The van der Waals surface area contributed by atoms with Gasteiger partial charge in [-0.15, -0.1) is 0 Å². The number of carbonyl (C=O) groups is 1. The summed E-state index contributed by atoms with van der Waals surface area (Å²) in [5.41, 5.74) is 3.49. The van der Waals surface area contributed by atoms with Gasteiger partial charge >= 0.3 is 0 Å². The summed E-state index contributed by atoms with van der Waals surface area (Å²) < 4.78 is 0. The maximum atomic E-state index is 12.2. The Morgan fingerprint density at radius 3 is 2.54 bits per heavy atom. The van der Waals surface area contributed by atoms with Crippen LogP contribution in [0.5, 0.6) is 5.75 Å². The van der Waals surface area contributed by atoms with Gasteiger partial charge in [-0.3, -0.25) is 4.79 Å². The van der Waals surface area contributed by atoms with Crippen LogP contribution in [0.25, 0.3) is 0 Å². The number of nitrogens with zero attached hydrogens (tertiary/aromatic N) is 1. The zero-order valence-corrected chi connectivity index (χ0v) is 13.6. The number of phenols is 1. The zero-order valence-electron chi connectivity index (χ0n) is 13.6. The molecule has 0 atom stereocenters. The maximum absolute atomic E-state index is 12.2. The Balaban J connectivity index is 2.00. The number of benzene rings is 2. The lowest BCUT2D eigenvalue weighted by molar-refractivity contribution is -0.112. The fraction of sp³-hybridized carbons (Fsp3) is 0.158. The molecule has 2 aromatic carbocycles. The van der Waals surface area contributed by atoms with E-state index in [4.69, 9.17) is 5.26 Å². The Labute approximate surface area is 141 Å². The van der Waals surface area contributed by atoms with E-state index in [2.05, 4.69) is 10.6 Å². The Morgan fingerprint density at radius 1 is 1.21 bits per heavy atom. The molecule has 0 aliphatic heterocycles. The van der Waals surface area contributed by atoms with Gasteiger partial charge < -0.3 is 15.7 Å². The van der Waals surface area contributed by atoms with Crippen molar-refractivity contribution in [3.8, 4) is 11.8 Å². The molecular weight excluding hydrogens is 302 g/mol. The van der Waals surface area contributed by atoms with Crippen molar-refractivity contribution < 1.29 is 9.90 Å². The molecule has 2 aromatic rings. The normalized spacial score (nSPS) is 10.8. The monoisotopic (exact) mass is 321 g/mol. The van der Waals surface area contributed by atoms with Gasteiger partial charge in [0.1, 0.15) is 17.4 Å². The molecule has 0 radical (unpaired) electrons. The van der Waals surface area contributed by atoms with E-state index >= 15 is 0 Å². The summed E-state index contributed by atoms with van der Waals surface area (Å²) in [6.07, 6.45) is 1.41. The number of aromatic hydroxyl groups is 1. The highest BCUT2D eigenvalue weighted by Gasteiger charge is 2.10. The van der Waals surface area contributed by atoms with E-state index in [1.54, 1.807) is 19.1 Å². The average Bonchev–Trinajstić information content (AvgIpc) is 2.56. The molecule has 5 nitrogen and oxygen atoms in total. The fourth-order valence-electron chi connectivity index (χ4n) is 2.10. The highest BCUT2D eigenvalue weighted by atomic mass is 16.3. The summed E-state index contributed by atoms with van der Waals surface area (Å²) in [5.74, 6) is -0.371. The van der Waals surface area contributed by atoms with E-state index in [0.717, 1.165) is 5.56 Å². The molecule has 0 bridgehead atoms. The van der Waals surface area contributed by atoms with E-state index in [1.807, 2.05) is 37.3 Å². The smallest absolute Gasteiger partial charge is 0.267 e. The number of nitrogens with one attached hydrogen (secondary N) is 2. The first-order chi connectivity index (χ1) is 11.5. The topological polar surface area (TPSA) is 85.2 Å². The highest BCUT2D eigenvalue weighted by molar-refractivity contribution is 6.06. The molecule has 0 aliphatic carbocycles. The van der Waals surface area contributed by atoms with Gasteiger partial charge in [-0.25, -0.2) is 0 Å². The van der Waals surface area contributed by atoms with Gasteiger partial charge in [0, 0.05) is 18.4 Å².